The Bertz CT molecular complexity index is 4000. The highest BCUT2D eigenvalue weighted by atomic mass is 32.1. The summed E-state index contributed by atoms with van der Waals surface area (Å²) in [5.41, 5.74) is 21.8. The van der Waals surface area contributed by atoms with Crippen molar-refractivity contribution < 1.29 is 0 Å². The maximum absolute atomic E-state index is 2.59. The summed E-state index contributed by atoms with van der Waals surface area (Å²) in [5, 5.41) is 4.98. The first kappa shape index (κ1) is 43.3. The second-order valence-corrected chi connectivity index (χ2v) is 22.0. The molecule has 14 rings (SSSR count). The van der Waals surface area contributed by atoms with E-state index < -0.39 is 0 Å². The first-order valence-electron chi connectivity index (χ1n) is 25.5. The van der Waals surface area contributed by atoms with E-state index in [-0.39, 0.29) is 10.8 Å². The Morgan fingerprint density at radius 1 is 0.329 bits per heavy atom. The van der Waals surface area contributed by atoms with Gasteiger partial charge in [0, 0.05) is 47.8 Å². The van der Waals surface area contributed by atoms with E-state index in [2.05, 4.69) is 280 Å². The zero-order valence-electron chi connectivity index (χ0n) is 41.4. The monoisotopic (exact) mass is 952 g/mol. The van der Waals surface area contributed by atoms with E-state index in [9.17, 15) is 0 Å². The number of nitrogens with zero attached hydrogens (tertiary/aromatic N) is 2. The highest BCUT2D eigenvalue weighted by Crippen LogP contribution is 2.61. The Morgan fingerprint density at radius 3 is 1.37 bits per heavy atom. The average Bonchev–Trinajstić information content (AvgIpc) is 3.82. The van der Waals surface area contributed by atoms with Crippen LogP contribution in [0.1, 0.15) is 49.9 Å². The van der Waals surface area contributed by atoms with Gasteiger partial charge in [-0.2, -0.15) is 0 Å². The third-order valence-corrected chi connectivity index (χ3v) is 17.2. The molecule has 0 fully saturated rings. The lowest BCUT2D eigenvalue weighted by Gasteiger charge is -2.50. The van der Waals surface area contributed by atoms with E-state index in [0.29, 0.717) is 0 Å². The zero-order chi connectivity index (χ0) is 49.0. The summed E-state index contributed by atoms with van der Waals surface area (Å²) in [6.07, 6.45) is 0. The molecule has 2 aliphatic heterocycles. The van der Waals surface area contributed by atoms with Crippen molar-refractivity contribution in [1.29, 1.82) is 0 Å². The van der Waals surface area contributed by atoms with Gasteiger partial charge in [0.15, 0.2) is 0 Å². The Labute approximate surface area is 431 Å². The van der Waals surface area contributed by atoms with Crippen molar-refractivity contribution in [1.82, 2.24) is 0 Å². The van der Waals surface area contributed by atoms with Crippen molar-refractivity contribution in [3.8, 4) is 44.5 Å². The molecule has 0 atom stereocenters. The van der Waals surface area contributed by atoms with Crippen LogP contribution in [-0.4, -0.2) is 0 Å². The van der Waals surface area contributed by atoms with E-state index in [0.717, 1.165) is 17.1 Å². The molecule has 73 heavy (non-hydrogen) atoms. The van der Waals surface area contributed by atoms with Crippen LogP contribution in [0.15, 0.2) is 243 Å². The fourth-order valence-corrected chi connectivity index (χ4v) is 13.2. The van der Waals surface area contributed by atoms with Crippen LogP contribution in [0, 0.1) is 0 Å². The molecule has 348 valence electrons. The Kier molecular flexibility index (Phi) is 9.80. The summed E-state index contributed by atoms with van der Waals surface area (Å²) in [6.45, 7) is 9.75. The van der Waals surface area contributed by atoms with Gasteiger partial charge >= 0.3 is 0 Å². The fourth-order valence-electron chi connectivity index (χ4n) is 12.1. The van der Waals surface area contributed by atoms with Gasteiger partial charge in [0.1, 0.15) is 0 Å². The number of thiophene rings is 1. The van der Waals surface area contributed by atoms with Crippen LogP contribution in [0.5, 0.6) is 0 Å². The molecule has 0 spiro atoms. The van der Waals surface area contributed by atoms with Crippen LogP contribution in [0.4, 0.5) is 34.1 Å². The van der Waals surface area contributed by atoms with E-state index in [1.165, 1.54) is 115 Å². The van der Waals surface area contributed by atoms with Crippen molar-refractivity contribution in [2.24, 2.45) is 0 Å². The minimum Gasteiger partial charge on any atom is -0.310 e. The first-order valence-corrected chi connectivity index (χ1v) is 26.3. The molecular weight excluding hydrogens is 901 g/mol. The third kappa shape index (κ3) is 6.91. The molecule has 0 unspecified atom stereocenters. The molecule has 0 radical (unpaired) electrons. The molecule has 3 heteroatoms. The van der Waals surface area contributed by atoms with Gasteiger partial charge in [-0.3, -0.25) is 0 Å². The highest BCUT2D eigenvalue weighted by molar-refractivity contribution is 7.25. The number of hydrogen-bond donors (Lipinski definition) is 0. The molecule has 12 aromatic rings. The molecule has 11 aromatic carbocycles. The number of anilines is 6. The summed E-state index contributed by atoms with van der Waals surface area (Å²) >= 11 is 1.88. The van der Waals surface area contributed by atoms with Gasteiger partial charge in [-0.15, -0.1) is 11.3 Å². The molecule has 0 bridgehead atoms. The van der Waals surface area contributed by atoms with E-state index in [4.69, 9.17) is 0 Å². The van der Waals surface area contributed by atoms with Crippen molar-refractivity contribution in [2.45, 2.75) is 38.5 Å². The summed E-state index contributed by atoms with van der Waals surface area (Å²) in [5.74, 6) is 0. The first-order chi connectivity index (χ1) is 35.7. The van der Waals surface area contributed by atoms with Crippen molar-refractivity contribution in [3.63, 3.8) is 0 Å². The second kappa shape index (κ2) is 16.5. The van der Waals surface area contributed by atoms with Crippen LogP contribution >= 0.6 is 11.3 Å². The average molecular weight is 953 g/mol. The fraction of sp³-hybridized carbons (Fsp3) is 0.0857. The smallest absolute Gasteiger partial charge is 0.0544 e. The van der Waals surface area contributed by atoms with Gasteiger partial charge in [0.2, 0.25) is 0 Å². The Hall–Kier alpha value is -8.50. The van der Waals surface area contributed by atoms with Crippen LogP contribution in [0.2, 0.25) is 0 Å². The second-order valence-electron chi connectivity index (χ2n) is 20.9. The molecule has 3 heterocycles. The van der Waals surface area contributed by atoms with Crippen molar-refractivity contribution >= 4 is 76.4 Å². The molecule has 0 aliphatic carbocycles. The van der Waals surface area contributed by atoms with Crippen LogP contribution < -0.4 is 9.80 Å². The molecule has 2 nitrogen and oxygen atoms in total. The molecule has 1 aromatic heterocycles. The van der Waals surface area contributed by atoms with Gasteiger partial charge in [-0.1, -0.05) is 185 Å². The van der Waals surface area contributed by atoms with Gasteiger partial charge in [0.25, 0.3) is 0 Å². The number of fused-ring (bicyclic) bond motifs is 8. The third-order valence-electron chi connectivity index (χ3n) is 16.0. The lowest BCUT2D eigenvalue weighted by molar-refractivity contribution is 0.598. The minimum atomic E-state index is -0.299. The molecule has 0 amide bonds. The van der Waals surface area contributed by atoms with E-state index >= 15 is 0 Å². The van der Waals surface area contributed by atoms with Crippen LogP contribution in [0.25, 0.3) is 75.5 Å². The van der Waals surface area contributed by atoms with Gasteiger partial charge in [-0.05, 0) is 157 Å². The maximum Gasteiger partial charge on any atom is 0.0544 e. The summed E-state index contributed by atoms with van der Waals surface area (Å²) in [7, 11) is 0. The Morgan fingerprint density at radius 2 is 0.767 bits per heavy atom. The molecule has 2 aliphatic rings. The summed E-state index contributed by atoms with van der Waals surface area (Å²) in [6, 6.07) is 90.3. The molecule has 0 saturated carbocycles. The predicted octanol–water partition coefficient (Wildman–Crippen LogP) is 20.1. The van der Waals surface area contributed by atoms with Crippen LogP contribution in [-0.2, 0) is 10.8 Å². The van der Waals surface area contributed by atoms with E-state index in [1.807, 2.05) is 11.3 Å². The zero-order valence-corrected chi connectivity index (χ0v) is 42.2. The minimum absolute atomic E-state index is 0.299. The Balaban J connectivity index is 0.947. The number of hydrogen-bond acceptors (Lipinski definition) is 3. The van der Waals surface area contributed by atoms with Crippen LogP contribution in [0.3, 0.4) is 0 Å². The molecular formula is C70H52N2S. The van der Waals surface area contributed by atoms with Gasteiger partial charge in [-0.25, -0.2) is 0 Å². The van der Waals surface area contributed by atoms with Crippen molar-refractivity contribution in [2.75, 3.05) is 9.80 Å². The number of benzene rings is 11. The quantitative estimate of drug-likeness (QED) is 0.157. The highest BCUT2D eigenvalue weighted by Gasteiger charge is 2.46. The molecule has 0 N–H and O–H groups in total. The van der Waals surface area contributed by atoms with Crippen molar-refractivity contribution in [3.05, 3.63) is 265 Å². The van der Waals surface area contributed by atoms with E-state index in [1.54, 1.807) is 0 Å². The number of rotatable bonds is 7. The summed E-state index contributed by atoms with van der Waals surface area (Å²) < 4.78 is 2.57. The largest absolute Gasteiger partial charge is 0.310 e. The topological polar surface area (TPSA) is 6.48 Å². The predicted molar refractivity (Wildman–Crippen MR) is 312 cm³/mol. The lowest BCUT2D eigenvalue weighted by atomic mass is 9.65. The van der Waals surface area contributed by atoms with Gasteiger partial charge < -0.3 is 9.80 Å². The summed E-state index contributed by atoms with van der Waals surface area (Å²) in [4.78, 5) is 5.03. The standard InChI is InChI=1S/C70H52N2S/c1-69(2)59-40-51(46-19-10-6-11-20-46)29-35-64(59)72-65-36-30-52(47-21-12-7-13-22-47)41-60(65)70(3,4)62-43-53(42-61(69)68(62)72)50-31-37-66-57(39-50)58-44-55(34-38-67(58)73-66)71(63-26-16-24-49-23-14-15-25-56(49)63)54-32-27-48(28-33-54)45-17-8-5-9-18-45/h5-44H,1-4H3. The van der Waals surface area contributed by atoms with Gasteiger partial charge in [0.05, 0.1) is 22.7 Å². The SMILES string of the molecule is CC1(C)c2cc(-c3ccccc3)ccc2N2c3ccc(-c4ccccc4)cc3C(C)(C)c3cc(-c4ccc5sc6ccc(N(c7ccc(-c8ccccc8)cc7)c7cccc8ccccc78)cc6c5c4)cc1c32. The molecule has 0 saturated heterocycles. The lowest BCUT2D eigenvalue weighted by Crippen LogP contribution is -2.38. The maximum atomic E-state index is 2.59. The normalized spacial score (nSPS) is 13.9.